The van der Waals surface area contributed by atoms with E-state index in [1.54, 1.807) is 25.5 Å². The Kier molecular flexibility index (Phi) is 5.96. The maximum atomic E-state index is 13.7. The van der Waals surface area contributed by atoms with Gasteiger partial charge in [0.1, 0.15) is 5.82 Å². The van der Waals surface area contributed by atoms with Gasteiger partial charge < -0.3 is 0 Å². The molecule has 0 amide bonds. The number of Topliss-reactive ketones (excluding diaryl/α,β-unsaturated/α-hetero) is 1. The number of halogens is 2. The van der Waals surface area contributed by atoms with E-state index in [-0.39, 0.29) is 29.1 Å². The third kappa shape index (κ3) is 4.25. The number of ketones is 1. The highest BCUT2D eigenvalue weighted by atomic mass is 32.2. The number of sulfonamides is 1. The number of benzene rings is 1. The number of aromatic nitrogens is 3. The second-order valence-electron chi connectivity index (χ2n) is 9.22. The third-order valence-corrected chi connectivity index (χ3v) is 8.89. The minimum Gasteiger partial charge on any atom is -0.298 e. The predicted molar refractivity (Wildman–Crippen MR) is 124 cm³/mol. The fraction of sp³-hybridized carbons (Fsp3) is 0.360. The lowest BCUT2D eigenvalue weighted by Crippen LogP contribution is -2.41. The largest absolute Gasteiger partial charge is 0.298 e. The molecule has 10 heteroatoms. The quantitative estimate of drug-likeness (QED) is 0.492. The molecule has 1 saturated carbocycles. The van der Waals surface area contributed by atoms with E-state index in [0.29, 0.717) is 36.8 Å². The van der Waals surface area contributed by atoms with E-state index in [0.717, 1.165) is 28.8 Å². The number of hydrogen-bond donors (Lipinski definition) is 0. The van der Waals surface area contributed by atoms with Gasteiger partial charge in [0.2, 0.25) is 10.0 Å². The van der Waals surface area contributed by atoms with Gasteiger partial charge in [-0.05, 0) is 74.4 Å². The summed E-state index contributed by atoms with van der Waals surface area (Å²) in [5.41, 5.74) is 3.33. The van der Waals surface area contributed by atoms with Crippen LogP contribution in [0.3, 0.4) is 0 Å². The molecule has 7 nitrogen and oxygen atoms in total. The summed E-state index contributed by atoms with van der Waals surface area (Å²) in [5.74, 6) is -1.91. The number of nitrogens with zero attached hydrogens (tertiary/aromatic N) is 4. The Morgan fingerprint density at radius 3 is 2.43 bits per heavy atom. The van der Waals surface area contributed by atoms with Crippen LogP contribution in [0.4, 0.5) is 8.78 Å². The SMILES string of the molecule is Cc1ncc(-c2cc(CCC(=O)[C@@H]3C4CC(C4)N3S(=O)(=O)c3ccc(F)c(F)c3)c(C)cn2)cn1. The Bertz CT molecular complexity index is 1410. The average Bonchev–Trinajstić information content (AvgIpc) is 3.38. The van der Waals surface area contributed by atoms with Crippen LogP contribution in [0, 0.1) is 31.4 Å². The van der Waals surface area contributed by atoms with Crippen LogP contribution < -0.4 is 0 Å². The van der Waals surface area contributed by atoms with Crippen LogP contribution in [0.5, 0.6) is 0 Å². The van der Waals surface area contributed by atoms with E-state index in [2.05, 4.69) is 15.0 Å². The highest BCUT2D eigenvalue weighted by molar-refractivity contribution is 7.89. The van der Waals surface area contributed by atoms with Crippen LogP contribution in [0.15, 0.2) is 47.8 Å². The zero-order chi connectivity index (χ0) is 24.9. The Labute approximate surface area is 202 Å². The van der Waals surface area contributed by atoms with Gasteiger partial charge >= 0.3 is 0 Å². The smallest absolute Gasteiger partial charge is 0.244 e. The molecule has 1 atom stereocenters. The lowest BCUT2D eigenvalue weighted by Gasteiger charge is -2.25. The number of aryl methyl sites for hydroxylation is 3. The van der Waals surface area contributed by atoms with Crippen molar-refractivity contribution in [2.75, 3.05) is 0 Å². The molecule has 6 rings (SSSR count). The molecule has 2 saturated heterocycles. The van der Waals surface area contributed by atoms with Gasteiger partial charge in [-0.15, -0.1) is 0 Å². The van der Waals surface area contributed by atoms with E-state index in [1.807, 2.05) is 13.0 Å². The van der Waals surface area contributed by atoms with E-state index in [1.165, 1.54) is 4.31 Å². The van der Waals surface area contributed by atoms with Crippen LogP contribution in [-0.4, -0.2) is 45.5 Å². The average molecular weight is 499 g/mol. The van der Waals surface area contributed by atoms with Gasteiger partial charge in [0.15, 0.2) is 17.4 Å². The molecular formula is C25H24F2N4O3S. The van der Waals surface area contributed by atoms with Gasteiger partial charge in [-0.3, -0.25) is 9.78 Å². The first kappa shape index (κ1) is 23.6. The Morgan fingerprint density at radius 1 is 1.03 bits per heavy atom. The molecule has 35 heavy (non-hydrogen) atoms. The van der Waals surface area contributed by atoms with Crippen LogP contribution >= 0.6 is 0 Å². The molecule has 0 N–H and O–H groups in total. The monoisotopic (exact) mass is 498 g/mol. The van der Waals surface area contributed by atoms with Crippen molar-refractivity contribution in [2.24, 2.45) is 5.92 Å². The first-order valence-corrected chi connectivity index (χ1v) is 12.8. The number of carbonyl (C=O) groups is 1. The van der Waals surface area contributed by atoms with E-state index < -0.39 is 27.7 Å². The molecule has 2 aliphatic heterocycles. The zero-order valence-corrected chi connectivity index (χ0v) is 20.1. The number of fused-ring (bicyclic) bond motifs is 1. The molecular weight excluding hydrogens is 474 g/mol. The fourth-order valence-electron chi connectivity index (χ4n) is 4.96. The standard InChI is InChI=1S/C25H24F2N4O3S/c1-14-11-30-23(18-12-28-15(2)29-13-18)9-16(14)3-6-24(32)25-17-7-19(8-17)31(25)35(33,34)20-4-5-21(26)22(27)10-20/h4-5,9-13,17,19,25H,3,6-8H2,1-2H3/t17?,19?,25-/m0/s1. The first-order chi connectivity index (χ1) is 16.6. The van der Waals surface area contributed by atoms with Crippen molar-refractivity contribution in [3.05, 3.63) is 71.4 Å². The highest BCUT2D eigenvalue weighted by Crippen LogP contribution is 2.49. The molecule has 0 spiro atoms. The van der Waals surface area contributed by atoms with Crippen molar-refractivity contribution < 1.29 is 22.0 Å². The molecule has 2 bridgehead atoms. The van der Waals surface area contributed by atoms with E-state index >= 15 is 0 Å². The van der Waals surface area contributed by atoms with Gasteiger partial charge in [-0.25, -0.2) is 27.2 Å². The molecule has 0 radical (unpaired) electrons. The lowest BCUT2D eigenvalue weighted by molar-refractivity contribution is -0.122. The summed E-state index contributed by atoms with van der Waals surface area (Å²) in [7, 11) is -4.14. The summed E-state index contributed by atoms with van der Waals surface area (Å²) in [6.07, 6.45) is 6.92. The summed E-state index contributed by atoms with van der Waals surface area (Å²) in [4.78, 5) is 25.8. The number of rotatable bonds is 7. The van der Waals surface area contributed by atoms with Crippen molar-refractivity contribution in [3.63, 3.8) is 0 Å². The van der Waals surface area contributed by atoms with Crippen molar-refractivity contribution in [1.29, 1.82) is 0 Å². The van der Waals surface area contributed by atoms with Crippen molar-refractivity contribution in [3.8, 4) is 11.3 Å². The summed E-state index contributed by atoms with van der Waals surface area (Å²) >= 11 is 0. The summed E-state index contributed by atoms with van der Waals surface area (Å²) in [6, 6.07) is 3.34. The van der Waals surface area contributed by atoms with Crippen LogP contribution in [0.2, 0.25) is 0 Å². The van der Waals surface area contributed by atoms with Gasteiger partial charge in [-0.1, -0.05) is 0 Å². The predicted octanol–water partition coefficient (Wildman–Crippen LogP) is 3.79. The van der Waals surface area contributed by atoms with Crippen LogP contribution in [0.25, 0.3) is 11.3 Å². The molecule has 1 aliphatic carbocycles. The van der Waals surface area contributed by atoms with Crippen molar-refractivity contribution in [1.82, 2.24) is 19.3 Å². The minimum absolute atomic E-state index is 0.0497. The second-order valence-corrected chi connectivity index (χ2v) is 11.1. The van der Waals surface area contributed by atoms with Crippen LogP contribution in [0.1, 0.15) is 36.2 Å². The van der Waals surface area contributed by atoms with E-state index in [4.69, 9.17) is 0 Å². The number of pyridine rings is 1. The molecule has 182 valence electrons. The van der Waals surface area contributed by atoms with Gasteiger partial charge in [0.25, 0.3) is 0 Å². The Hall–Kier alpha value is -3.11. The normalized spacial score (nSPS) is 21.7. The molecule has 0 unspecified atom stereocenters. The highest BCUT2D eigenvalue weighted by Gasteiger charge is 2.58. The molecule has 4 heterocycles. The zero-order valence-electron chi connectivity index (χ0n) is 19.3. The van der Waals surface area contributed by atoms with E-state index in [9.17, 15) is 22.0 Å². The Morgan fingerprint density at radius 2 is 1.74 bits per heavy atom. The molecule has 3 aliphatic rings. The number of carbonyl (C=O) groups excluding carboxylic acids is 1. The van der Waals surface area contributed by atoms with Crippen LogP contribution in [-0.2, 0) is 21.2 Å². The summed E-state index contributed by atoms with van der Waals surface area (Å²) in [5, 5.41) is 0. The second kappa shape index (κ2) is 8.83. The van der Waals surface area contributed by atoms with Gasteiger partial charge in [0, 0.05) is 36.6 Å². The third-order valence-electron chi connectivity index (χ3n) is 6.96. The maximum Gasteiger partial charge on any atom is 0.244 e. The molecule has 3 fully saturated rings. The molecule has 1 aromatic carbocycles. The van der Waals surface area contributed by atoms with Crippen molar-refractivity contribution in [2.45, 2.75) is 56.5 Å². The van der Waals surface area contributed by atoms with Gasteiger partial charge in [0.05, 0.1) is 16.6 Å². The van der Waals surface area contributed by atoms with Gasteiger partial charge in [-0.2, -0.15) is 4.31 Å². The molecule has 3 aromatic rings. The minimum atomic E-state index is -4.14. The first-order valence-electron chi connectivity index (χ1n) is 11.4. The Balaban J connectivity index is 1.35. The molecule has 2 aromatic heterocycles. The van der Waals surface area contributed by atoms with Crippen molar-refractivity contribution >= 4 is 15.8 Å². The maximum absolute atomic E-state index is 13.7. The number of hydrogen-bond acceptors (Lipinski definition) is 6. The summed E-state index contributed by atoms with van der Waals surface area (Å²) < 4.78 is 54.9. The topological polar surface area (TPSA) is 93.1 Å². The summed E-state index contributed by atoms with van der Waals surface area (Å²) in [6.45, 7) is 3.71. The fourth-order valence-corrected chi connectivity index (χ4v) is 6.85. The lowest BCUT2D eigenvalue weighted by atomic mass is 9.81.